The van der Waals surface area contributed by atoms with Gasteiger partial charge in [-0.05, 0) is 34.5 Å². The normalized spacial score (nSPS) is 12.1. The Kier molecular flexibility index (Phi) is 4.95. The number of carbonyl (C=O) groups is 1. The molecule has 1 heterocycles. The van der Waals surface area contributed by atoms with Gasteiger partial charge in [-0.15, -0.1) is 0 Å². The summed E-state index contributed by atoms with van der Waals surface area (Å²) in [4.78, 5) is 12.0. The molecule has 1 unspecified atom stereocenters. The van der Waals surface area contributed by atoms with Crippen molar-refractivity contribution in [1.29, 1.82) is 0 Å². The van der Waals surface area contributed by atoms with Crippen LogP contribution in [0.1, 0.15) is 30.3 Å². The second-order valence-corrected chi connectivity index (χ2v) is 4.57. The van der Waals surface area contributed by atoms with Gasteiger partial charge in [-0.25, -0.2) is 0 Å². The molecular weight excluding hydrogens is 292 g/mol. The van der Waals surface area contributed by atoms with Crippen molar-refractivity contribution in [3.8, 4) is 0 Å². The first-order valence-electron chi connectivity index (χ1n) is 4.90. The number of hydrogen-bond donors (Lipinski definition) is 2. The third kappa shape index (κ3) is 3.61. The molecule has 3 N–H and O–H groups in total. The van der Waals surface area contributed by atoms with Crippen molar-refractivity contribution in [3.05, 3.63) is 22.6 Å². The highest BCUT2D eigenvalue weighted by Crippen LogP contribution is 2.14. The molecule has 0 radical (unpaired) electrons. The van der Waals surface area contributed by atoms with E-state index in [1.54, 1.807) is 12.1 Å². The van der Waals surface area contributed by atoms with Crippen molar-refractivity contribution in [2.45, 2.75) is 25.8 Å². The second kappa shape index (κ2) is 6.00. The van der Waals surface area contributed by atoms with Crippen LogP contribution in [0.5, 0.6) is 0 Å². The van der Waals surface area contributed by atoms with E-state index in [4.69, 9.17) is 22.4 Å². The molecule has 1 amide bonds. The molecule has 4 nitrogen and oxygen atoms in total. The average molecular weight is 305 g/mol. The lowest BCUT2D eigenvalue weighted by Crippen LogP contribution is -2.43. The van der Waals surface area contributed by atoms with Crippen molar-refractivity contribution in [2.75, 3.05) is 0 Å². The Morgan fingerprint density at radius 2 is 2.38 bits per heavy atom. The van der Waals surface area contributed by atoms with E-state index >= 15 is 0 Å². The van der Waals surface area contributed by atoms with E-state index in [0.29, 0.717) is 9.66 Å². The van der Waals surface area contributed by atoms with Gasteiger partial charge in [0.2, 0.25) is 0 Å². The van der Waals surface area contributed by atoms with Crippen molar-refractivity contribution >= 4 is 39.0 Å². The van der Waals surface area contributed by atoms with E-state index in [-0.39, 0.29) is 17.7 Å². The minimum absolute atomic E-state index is 0.240. The minimum Gasteiger partial charge on any atom is -0.444 e. The van der Waals surface area contributed by atoms with Crippen LogP contribution in [0.15, 0.2) is 21.2 Å². The number of halogens is 1. The zero-order valence-electron chi connectivity index (χ0n) is 8.83. The molecule has 1 aromatic rings. The minimum atomic E-state index is -0.308. The number of rotatable bonds is 5. The maximum atomic E-state index is 11.7. The van der Waals surface area contributed by atoms with Crippen molar-refractivity contribution in [3.63, 3.8) is 0 Å². The molecule has 0 fully saturated rings. The summed E-state index contributed by atoms with van der Waals surface area (Å²) in [5.41, 5.74) is 5.53. The Labute approximate surface area is 108 Å². The Morgan fingerprint density at radius 3 is 2.81 bits per heavy atom. The smallest absolute Gasteiger partial charge is 0.287 e. The highest BCUT2D eigenvalue weighted by atomic mass is 79.9. The molecule has 0 bridgehead atoms. The Bertz CT molecular complexity index is 392. The lowest BCUT2D eigenvalue weighted by atomic mass is 10.1. The fourth-order valence-corrected chi connectivity index (χ4v) is 1.72. The van der Waals surface area contributed by atoms with Crippen molar-refractivity contribution in [2.24, 2.45) is 5.73 Å². The number of amides is 1. The van der Waals surface area contributed by atoms with Gasteiger partial charge in [-0.2, -0.15) is 0 Å². The van der Waals surface area contributed by atoms with Gasteiger partial charge in [-0.3, -0.25) is 4.79 Å². The topological polar surface area (TPSA) is 68.3 Å². The molecule has 0 aliphatic carbocycles. The predicted octanol–water partition coefficient (Wildman–Crippen LogP) is 2.23. The van der Waals surface area contributed by atoms with Gasteiger partial charge in [0.05, 0.1) is 11.0 Å². The quantitative estimate of drug-likeness (QED) is 0.819. The summed E-state index contributed by atoms with van der Waals surface area (Å²) in [7, 11) is 0. The lowest BCUT2D eigenvalue weighted by Gasteiger charge is -2.15. The number of hydrogen-bond acceptors (Lipinski definition) is 3. The third-order valence-corrected chi connectivity index (χ3v) is 2.73. The van der Waals surface area contributed by atoms with Crippen LogP contribution >= 0.6 is 28.1 Å². The zero-order valence-corrected chi connectivity index (χ0v) is 11.2. The molecular formula is C10H13BrN2O2S. The molecule has 1 atom stereocenters. The predicted molar refractivity (Wildman–Crippen MR) is 69.4 cm³/mol. The van der Waals surface area contributed by atoms with Gasteiger partial charge in [0.1, 0.15) is 0 Å². The summed E-state index contributed by atoms with van der Waals surface area (Å²) in [5, 5.41) is 2.73. The molecule has 6 heteroatoms. The summed E-state index contributed by atoms with van der Waals surface area (Å²) >= 11 is 8.01. The largest absolute Gasteiger partial charge is 0.444 e. The van der Waals surface area contributed by atoms with E-state index < -0.39 is 0 Å². The monoisotopic (exact) mass is 304 g/mol. The summed E-state index contributed by atoms with van der Waals surface area (Å²) in [6.07, 6.45) is 1.62. The van der Waals surface area contributed by atoms with E-state index in [1.807, 2.05) is 6.92 Å². The average Bonchev–Trinajstić information content (AvgIpc) is 2.64. The van der Waals surface area contributed by atoms with Crippen LogP contribution in [0.4, 0.5) is 0 Å². The second-order valence-electron chi connectivity index (χ2n) is 3.32. The van der Waals surface area contributed by atoms with Crippen LogP contribution in [0, 0.1) is 0 Å². The number of nitrogens with one attached hydrogen (secondary N) is 1. The van der Waals surface area contributed by atoms with E-state index in [9.17, 15) is 4.79 Å². The summed E-state index contributed by atoms with van der Waals surface area (Å²) in [5.74, 6) is -0.0684. The molecule has 1 aromatic heterocycles. The van der Waals surface area contributed by atoms with Crippen molar-refractivity contribution < 1.29 is 9.21 Å². The van der Waals surface area contributed by atoms with Gasteiger partial charge in [0.15, 0.2) is 10.4 Å². The molecule has 0 saturated carbocycles. The summed E-state index contributed by atoms with van der Waals surface area (Å²) in [6, 6.07) is 2.96. The molecule has 0 saturated heterocycles. The summed E-state index contributed by atoms with van der Waals surface area (Å²) < 4.78 is 5.64. The first-order chi connectivity index (χ1) is 7.54. The molecule has 16 heavy (non-hydrogen) atoms. The van der Waals surface area contributed by atoms with E-state index in [0.717, 1.165) is 12.8 Å². The summed E-state index contributed by atoms with van der Waals surface area (Å²) in [6.45, 7) is 2.00. The van der Waals surface area contributed by atoms with Crippen molar-refractivity contribution in [1.82, 2.24) is 5.32 Å². The number of nitrogens with two attached hydrogens (primary N) is 1. The maximum absolute atomic E-state index is 11.7. The fourth-order valence-electron chi connectivity index (χ4n) is 1.24. The van der Waals surface area contributed by atoms with Crippen LogP contribution in [-0.2, 0) is 0 Å². The van der Waals surface area contributed by atoms with Gasteiger partial charge in [0, 0.05) is 0 Å². The molecule has 0 aliphatic rings. The van der Waals surface area contributed by atoms with Crippen LogP contribution in [0.2, 0.25) is 0 Å². The first kappa shape index (κ1) is 13.2. The lowest BCUT2D eigenvalue weighted by molar-refractivity contribution is 0.0916. The molecule has 0 spiro atoms. The maximum Gasteiger partial charge on any atom is 0.287 e. The molecule has 0 aliphatic heterocycles. The Balaban J connectivity index is 2.65. The third-order valence-electron chi connectivity index (χ3n) is 2.02. The Morgan fingerprint density at radius 1 is 1.69 bits per heavy atom. The fraction of sp³-hybridized carbons (Fsp3) is 0.400. The Hall–Kier alpha value is -0.880. The molecule has 1 rings (SSSR count). The number of carbonyl (C=O) groups excluding carboxylic acids is 1. The highest BCUT2D eigenvalue weighted by Gasteiger charge is 2.17. The zero-order chi connectivity index (χ0) is 12.1. The van der Waals surface area contributed by atoms with Crippen LogP contribution in [0.3, 0.4) is 0 Å². The number of thiocarbonyl (C=S) groups is 1. The number of furan rings is 1. The standard InChI is InChI=1S/C10H13BrN2O2S/c1-2-3-6(9(12)16)13-10(14)7-4-5-8(11)15-7/h4-6H,2-3H2,1H3,(H2,12,16)(H,13,14). The van der Waals surface area contributed by atoms with E-state index in [2.05, 4.69) is 21.2 Å². The first-order valence-corrected chi connectivity index (χ1v) is 6.10. The molecule has 0 aromatic carbocycles. The van der Waals surface area contributed by atoms with Crippen LogP contribution < -0.4 is 11.1 Å². The molecule has 88 valence electrons. The van der Waals surface area contributed by atoms with Crippen LogP contribution in [-0.4, -0.2) is 16.9 Å². The van der Waals surface area contributed by atoms with Gasteiger partial charge < -0.3 is 15.5 Å². The van der Waals surface area contributed by atoms with Gasteiger partial charge >= 0.3 is 0 Å². The van der Waals surface area contributed by atoms with Crippen LogP contribution in [0.25, 0.3) is 0 Å². The van der Waals surface area contributed by atoms with E-state index in [1.165, 1.54) is 0 Å². The SMILES string of the molecule is CCCC(NC(=O)c1ccc(Br)o1)C(N)=S. The highest BCUT2D eigenvalue weighted by molar-refractivity contribution is 9.10. The van der Waals surface area contributed by atoms with Gasteiger partial charge in [0.25, 0.3) is 5.91 Å². The van der Waals surface area contributed by atoms with Gasteiger partial charge in [-0.1, -0.05) is 25.6 Å².